The maximum Gasteiger partial charge on any atom is 0.280 e. The molecule has 140 valence electrons. The highest BCUT2D eigenvalue weighted by atomic mass is 19.1. The lowest BCUT2D eigenvalue weighted by Gasteiger charge is -2.14. The lowest BCUT2D eigenvalue weighted by Crippen LogP contribution is -2.25. The Morgan fingerprint density at radius 1 is 1.58 bits per heavy atom. The Bertz CT molecular complexity index is 922. The van der Waals surface area contributed by atoms with Crippen molar-refractivity contribution in [3.05, 3.63) is 16.7 Å². The largest absolute Gasteiger partial charge is 0.411 e. The quantitative estimate of drug-likeness (QED) is 0.429. The monoisotopic (exact) mass is 368 g/mol. The number of carbonyl (C=O) groups is 1. The van der Waals surface area contributed by atoms with Crippen molar-refractivity contribution >= 4 is 28.7 Å². The lowest BCUT2D eigenvalue weighted by molar-refractivity contribution is -0.118. The summed E-state index contributed by atoms with van der Waals surface area (Å²) in [5.74, 6) is -0.830. The van der Waals surface area contributed by atoms with Crippen LogP contribution in [0.1, 0.15) is 20.1 Å². The van der Waals surface area contributed by atoms with Crippen LogP contribution < -0.4 is 10.9 Å². The highest BCUT2D eigenvalue weighted by molar-refractivity contribution is 5.94. The van der Waals surface area contributed by atoms with Gasteiger partial charge in [0, 0.05) is 5.92 Å². The number of ether oxygens (including phenoxy) is 1. The number of oxime groups is 1. The van der Waals surface area contributed by atoms with Crippen molar-refractivity contribution in [1.29, 1.82) is 0 Å². The van der Waals surface area contributed by atoms with Gasteiger partial charge < -0.3 is 15.1 Å². The van der Waals surface area contributed by atoms with Gasteiger partial charge in [0.2, 0.25) is 11.9 Å². The van der Waals surface area contributed by atoms with E-state index in [1.807, 2.05) is 0 Å². The van der Waals surface area contributed by atoms with Gasteiger partial charge in [-0.3, -0.25) is 24.5 Å². The zero-order valence-corrected chi connectivity index (χ0v) is 13.9. The summed E-state index contributed by atoms with van der Waals surface area (Å²) in [5, 5.41) is 23.4. The van der Waals surface area contributed by atoms with Gasteiger partial charge in [-0.2, -0.15) is 4.98 Å². The number of aliphatic hydroxyl groups is 1. The number of alkyl halides is 1. The van der Waals surface area contributed by atoms with Gasteiger partial charge in [0.05, 0.1) is 12.9 Å². The third kappa shape index (κ3) is 2.93. The van der Waals surface area contributed by atoms with Crippen LogP contribution >= 0.6 is 0 Å². The number of imidazole rings is 1. The Kier molecular flexibility index (Phi) is 4.70. The van der Waals surface area contributed by atoms with Gasteiger partial charge in [-0.05, 0) is 0 Å². The second-order valence-corrected chi connectivity index (χ2v) is 6.01. The van der Waals surface area contributed by atoms with Gasteiger partial charge in [0.15, 0.2) is 23.6 Å². The number of nitrogens with zero attached hydrogens (tertiary/aromatic N) is 4. The Morgan fingerprint density at radius 3 is 2.88 bits per heavy atom. The van der Waals surface area contributed by atoms with Gasteiger partial charge in [-0.25, -0.2) is 9.37 Å². The minimum Gasteiger partial charge on any atom is -0.411 e. The Labute approximate surface area is 145 Å². The van der Waals surface area contributed by atoms with Gasteiger partial charge in [-0.15, -0.1) is 0 Å². The molecule has 3 heterocycles. The fourth-order valence-electron chi connectivity index (χ4n) is 2.53. The number of carbonyl (C=O) groups excluding carboxylic acids is 1. The molecule has 1 aliphatic heterocycles. The number of H-pyrrole nitrogens is 1. The van der Waals surface area contributed by atoms with E-state index in [0.717, 1.165) is 10.9 Å². The normalized spacial score (nSPS) is 24.7. The zero-order valence-electron chi connectivity index (χ0n) is 13.9. The fourth-order valence-corrected chi connectivity index (χ4v) is 2.53. The van der Waals surface area contributed by atoms with Crippen molar-refractivity contribution in [3.8, 4) is 0 Å². The summed E-state index contributed by atoms with van der Waals surface area (Å²) in [6.45, 7) is 2.74. The van der Waals surface area contributed by atoms with Crippen molar-refractivity contribution in [3.63, 3.8) is 0 Å². The average molecular weight is 368 g/mol. The Morgan fingerprint density at radius 2 is 2.31 bits per heavy atom. The first-order valence-electron chi connectivity index (χ1n) is 7.77. The van der Waals surface area contributed by atoms with Crippen LogP contribution in [0.2, 0.25) is 0 Å². The Balaban J connectivity index is 2.04. The number of rotatable bonds is 4. The second kappa shape index (κ2) is 6.80. The van der Waals surface area contributed by atoms with Crippen molar-refractivity contribution in [2.24, 2.45) is 11.1 Å². The second-order valence-electron chi connectivity index (χ2n) is 6.01. The maximum absolute atomic E-state index is 14.5. The van der Waals surface area contributed by atoms with E-state index in [-0.39, 0.29) is 34.6 Å². The molecule has 0 spiro atoms. The number of nitrogens with one attached hydrogen (secondary N) is 2. The predicted molar refractivity (Wildman–Crippen MR) is 86.7 cm³/mol. The summed E-state index contributed by atoms with van der Waals surface area (Å²) in [7, 11) is 0. The molecule has 0 unspecified atom stereocenters. The third-order valence-electron chi connectivity index (χ3n) is 3.92. The molecular weight excluding hydrogens is 351 g/mol. The van der Waals surface area contributed by atoms with E-state index >= 15 is 0 Å². The molecule has 0 aliphatic carbocycles. The molecule has 11 nitrogen and oxygen atoms in total. The number of aromatic nitrogens is 4. The number of anilines is 1. The van der Waals surface area contributed by atoms with Crippen molar-refractivity contribution < 1.29 is 24.2 Å². The van der Waals surface area contributed by atoms with E-state index in [1.165, 1.54) is 0 Å². The smallest absolute Gasteiger partial charge is 0.280 e. The zero-order chi connectivity index (χ0) is 19.0. The van der Waals surface area contributed by atoms with E-state index in [9.17, 15) is 19.1 Å². The molecule has 3 rings (SSSR count). The molecule has 0 aromatic carbocycles. The summed E-state index contributed by atoms with van der Waals surface area (Å²) in [5.41, 5.74) is -1.12. The molecule has 1 fully saturated rings. The summed E-state index contributed by atoms with van der Waals surface area (Å²) in [6, 6.07) is 0. The van der Waals surface area contributed by atoms with Crippen molar-refractivity contribution in [2.45, 2.75) is 32.4 Å². The van der Waals surface area contributed by atoms with Gasteiger partial charge in [-0.1, -0.05) is 19.0 Å². The first-order chi connectivity index (χ1) is 12.4. The van der Waals surface area contributed by atoms with Crippen LogP contribution in [0.3, 0.4) is 0 Å². The molecule has 0 radical (unpaired) electrons. The molecule has 4 N–H and O–H groups in total. The van der Waals surface area contributed by atoms with E-state index in [0.29, 0.717) is 0 Å². The third-order valence-corrected chi connectivity index (χ3v) is 3.92. The number of amides is 1. The summed E-state index contributed by atoms with van der Waals surface area (Å²) < 4.78 is 21.0. The lowest BCUT2D eigenvalue weighted by atomic mass is 10.2. The topological polar surface area (TPSA) is 155 Å². The highest BCUT2D eigenvalue weighted by Crippen LogP contribution is 2.31. The SMILES string of the molecule is CC(C)C(=O)Nc1nc2c(ncn2[C@@H]2O[C@H](CO)/C(=N/O)[C@H]2F)c(=O)[nH]1. The molecule has 3 atom stereocenters. The summed E-state index contributed by atoms with van der Waals surface area (Å²) in [6.07, 6.45) is -3.22. The van der Waals surface area contributed by atoms with E-state index in [4.69, 9.17) is 9.94 Å². The molecule has 12 heteroatoms. The minimum absolute atomic E-state index is 0.0312. The van der Waals surface area contributed by atoms with Crippen LogP contribution in [0.4, 0.5) is 10.3 Å². The molecule has 26 heavy (non-hydrogen) atoms. The summed E-state index contributed by atoms with van der Waals surface area (Å²) >= 11 is 0. The van der Waals surface area contributed by atoms with Gasteiger partial charge >= 0.3 is 0 Å². The number of hydrogen-bond acceptors (Lipinski definition) is 8. The average Bonchev–Trinajstić information content (AvgIpc) is 3.15. The van der Waals surface area contributed by atoms with E-state index in [1.54, 1.807) is 13.8 Å². The molecule has 0 bridgehead atoms. The Hall–Kier alpha value is -2.86. The predicted octanol–water partition coefficient (Wildman–Crippen LogP) is -0.228. The van der Waals surface area contributed by atoms with Gasteiger partial charge in [0.25, 0.3) is 5.56 Å². The first kappa shape index (κ1) is 17.9. The number of halogens is 1. The van der Waals surface area contributed by atoms with Crippen molar-refractivity contribution in [2.75, 3.05) is 11.9 Å². The standard InChI is InChI=1S/C14H17FN6O5/c1-5(2)11(23)18-14-17-10-9(12(24)19-14)16-4-21(10)13-7(15)8(20-25)6(3-22)26-13/h4-7,13,22,25H,3H2,1-2H3,(H2,17,18,19,23,24)/b20-8-/t6-,7-,13-/m1/s1. The van der Waals surface area contributed by atoms with Crippen LogP contribution in [0, 0.1) is 5.92 Å². The van der Waals surface area contributed by atoms with E-state index < -0.39 is 30.7 Å². The van der Waals surface area contributed by atoms with Gasteiger partial charge in [0.1, 0.15) is 11.8 Å². The first-order valence-corrected chi connectivity index (χ1v) is 7.77. The fraction of sp³-hybridized carbons (Fsp3) is 0.500. The molecule has 1 aliphatic rings. The highest BCUT2D eigenvalue weighted by Gasteiger charge is 2.44. The molecule has 1 saturated heterocycles. The van der Waals surface area contributed by atoms with E-state index in [2.05, 4.69) is 25.4 Å². The van der Waals surface area contributed by atoms with Crippen LogP contribution in [0.25, 0.3) is 11.2 Å². The number of aromatic amines is 1. The minimum atomic E-state index is -1.88. The molecule has 1 amide bonds. The van der Waals surface area contributed by atoms with Crippen LogP contribution in [0.15, 0.2) is 16.3 Å². The summed E-state index contributed by atoms with van der Waals surface area (Å²) in [4.78, 5) is 34.3. The van der Waals surface area contributed by atoms with Crippen LogP contribution in [-0.2, 0) is 9.53 Å². The maximum atomic E-state index is 14.5. The van der Waals surface area contributed by atoms with Crippen LogP contribution in [0.5, 0.6) is 0 Å². The molecule has 2 aromatic heterocycles. The van der Waals surface area contributed by atoms with Crippen molar-refractivity contribution in [1.82, 2.24) is 19.5 Å². The molecule has 0 saturated carbocycles. The molecular formula is C14H17FN6O5. The number of hydrogen-bond donors (Lipinski definition) is 4. The molecule has 2 aromatic rings. The number of fused-ring (bicyclic) bond motifs is 1. The number of aliphatic hydroxyl groups excluding tert-OH is 1. The van der Waals surface area contributed by atoms with Crippen LogP contribution in [-0.4, -0.2) is 60.3 Å².